The van der Waals surface area contributed by atoms with Gasteiger partial charge >= 0.3 is 0 Å². The van der Waals surface area contributed by atoms with E-state index in [4.69, 9.17) is 11.6 Å². The molecule has 9 heteroatoms. The van der Waals surface area contributed by atoms with Gasteiger partial charge in [0, 0.05) is 17.3 Å². The van der Waals surface area contributed by atoms with E-state index >= 15 is 0 Å². The summed E-state index contributed by atoms with van der Waals surface area (Å²) in [6.07, 6.45) is 0. The zero-order chi connectivity index (χ0) is 18.8. The Bertz CT molecular complexity index is 1000. The number of hydrogen-bond acceptors (Lipinski definition) is 5. The van der Waals surface area contributed by atoms with Crippen molar-refractivity contribution < 1.29 is 14.1 Å². The number of carbonyl (C=O) groups excluding carboxylic acids is 1. The molecule has 0 radical (unpaired) electrons. The van der Waals surface area contributed by atoms with Crippen LogP contribution in [-0.2, 0) is 0 Å². The molecule has 1 amide bonds. The maximum Gasteiger partial charge on any atom is 0.289 e. The number of aromatic nitrogens is 1. The molecule has 6 nitrogen and oxygen atoms in total. The highest BCUT2D eigenvalue weighted by molar-refractivity contribution is 7.17. The molecule has 0 bridgehead atoms. The molecule has 0 atom stereocenters. The minimum absolute atomic E-state index is 0.0134. The van der Waals surface area contributed by atoms with Gasteiger partial charge in [-0.25, -0.2) is 9.37 Å². The van der Waals surface area contributed by atoms with Crippen LogP contribution in [0, 0.1) is 22.9 Å². The van der Waals surface area contributed by atoms with Crippen LogP contribution in [0.3, 0.4) is 0 Å². The highest BCUT2D eigenvalue weighted by Crippen LogP contribution is 2.30. The third kappa shape index (κ3) is 3.71. The first kappa shape index (κ1) is 18.0. The van der Waals surface area contributed by atoms with Crippen LogP contribution >= 0.6 is 22.9 Å². The van der Waals surface area contributed by atoms with Gasteiger partial charge in [-0.2, -0.15) is 0 Å². The molecule has 0 aliphatic carbocycles. The van der Waals surface area contributed by atoms with E-state index < -0.39 is 10.8 Å². The van der Waals surface area contributed by atoms with Crippen LogP contribution in [0.15, 0.2) is 42.5 Å². The quantitative estimate of drug-likeness (QED) is 0.497. The van der Waals surface area contributed by atoms with Crippen molar-refractivity contribution in [1.29, 1.82) is 0 Å². The first-order valence-corrected chi connectivity index (χ1v) is 8.53. The highest BCUT2D eigenvalue weighted by Gasteiger charge is 2.18. The molecule has 0 saturated heterocycles. The lowest BCUT2D eigenvalue weighted by Gasteiger charge is -2.04. The van der Waals surface area contributed by atoms with E-state index in [1.807, 2.05) is 0 Å². The van der Waals surface area contributed by atoms with Gasteiger partial charge in [0.05, 0.1) is 10.6 Å². The first-order valence-electron chi connectivity index (χ1n) is 7.34. The van der Waals surface area contributed by atoms with E-state index in [0.717, 1.165) is 11.3 Å². The minimum Gasteiger partial charge on any atom is -0.321 e. The number of carbonyl (C=O) groups is 1. The number of benzene rings is 2. The third-order valence-electron chi connectivity index (χ3n) is 3.49. The van der Waals surface area contributed by atoms with Crippen molar-refractivity contribution in [3.63, 3.8) is 0 Å². The van der Waals surface area contributed by atoms with Crippen molar-refractivity contribution in [2.24, 2.45) is 0 Å². The number of nitro groups is 1. The van der Waals surface area contributed by atoms with Crippen LogP contribution < -0.4 is 5.32 Å². The maximum atomic E-state index is 13.0. The predicted octanol–water partition coefficient (Wildman–Crippen LogP) is 5.07. The summed E-state index contributed by atoms with van der Waals surface area (Å²) in [6, 6.07) is 9.81. The van der Waals surface area contributed by atoms with Crippen molar-refractivity contribution in [2.75, 3.05) is 5.32 Å². The number of nitrogens with zero attached hydrogens (tertiary/aromatic N) is 2. The van der Waals surface area contributed by atoms with E-state index in [1.54, 1.807) is 19.1 Å². The summed E-state index contributed by atoms with van der Waals surface area (Å²) in [6.45, 7) is 1.68. The number of amides is 1. The molecular weight excluding hydrogens is 381 g/mol. The molecule has 0 spiro atoms. The van der Waals surface area contributed by atoms with E-state index in [9.17, 15) is 19.3 Å². The van der Waals surface area contributed by atoms with Crippen LogP contribution in [0.1, 0.15) is 15.4 Å². The molecule has 0 saturated carbocycles. The number of halogens is 2. The molecule has 3 rings (SSSR count). The third-order valence-corrected chi connectivity index (χ3v) is 5.02. The summed E-state index contributed by atoms with van der Waals surface area (Å²) in [5.74, 6) is -0.797. The van der Waals surface area contributed by atoms with Crippen molar-refractivity contribution >= 4 is 40.2 Å². The van der Waals surface area contributed by atoms with Crippen molar-refractivity contribution in [3.05, 3.63) is 74.0 Å². The number of aryl methyl sites for hydroxylation is 1. The molecule has 26 heavy (non-hydrogen) atoms. The zero-order valence-corrected chi connectivity index (χ0v) is 14.9. The first-order chi connectivity index (χ1) is 12.3. The highest BCUT2D eigenvalue weighted by atomic mass is 35.5. The topological polar surface area (TPSA) is 85.1 Å². The monoisotopic (exact) mass is 391 g/mol. The normalized spacial score (nSPS) is 10.6. The van der Waals surface area contributed by atoms with Gasteiger partial charge in [0.2, 0.25) is 0 Å². The fourth-order valence-corrected chi connectivity index (χ4v) is 3.39. The lowest BCUT2D eigenvalue weighted by atomic mass is 10.2. The second-order valence-electron chi connectivity index (χ2n) is 5.32. The van der Waals surface area contributed by atoms with E-state index in [2.05, 4.69) is 10.3 Å². The molecule has 3 aromatic rings. The molecule has 1 heterocycles. The molecule has 0 unspecified atom stereocenters. The number of nitro benzene ring substituents is 1. The fourth-order valence-electron chi connectivity index (χ4n) is 2.24. The van der Waals surface area contributed by atoms with E-state index in [1.165, 1.54) is 30.3 Å². The Morgan fingerprint density at radius 1 is 1.27 bits per heavy atom. The molecule has 0 fully saturated rings. The standard InChI is InChI=1S/C17H11ClFN3O3S/c1-9-15(26-17(20-9)10-2-4-11(19)5-3-10)16(23)21-12-6-7-13(18)14(8-12)22(24)25/h2-8H,1H3,(H,21,23). The lowest BCUT2D eigenvalue weighted by molar-refractivity contribution is -0.384. The Kier molecular flexibility index (Phi) is 4.97. The summed E-state index contributed by atoms with van der Waals surface area (Å²) in [5.41, 5.74) is 1.16. The largest absolute Gasteiger partial charge is 0.321 e. The van der Waals surface area contributed by atoms with Gasteiger partial charge in [0.25, 0.3) is 11.6 Å². The number of anilines is 1. The van der Waals surface area contributed by atoms with Crippen LogP contribution in [0.25, 0.3) is 10.6 Å². The van der Waals surface area contributed by atoms with E-state index in [-0.39, 0.29) is 22.2 Å². The van der Waals surface area contributed by atoms with Gasteiger partial charge in [-0.15, -0.1) is 11.3 Å². The van der Waals surface area contributed by atoms with Crippen LogP contribution in [0.5, 0.6) is 0 Å². The predicted molar refractivity (Wildman–Crippen MR) is 98.3 cm³/mol. The number of rotatable bonds is 4. The van der Waals surface area contributed by atoms with Gasteiger partial charge in [0.1, 0.15) is 20.7 Å². The summed E-state index contributed by atoms with van der Waals surface area (Å²) in [4.78, 5) is 27.5. The Hall–Kier alpha value is -2.84. The van der Waals surface area contributed by atoms with Gasteiger partial charge in [-0.05, 0) is 43.3 Å². The summed E-state index contributed by atoms with van der Waals surface area (Å²) >= 11 is 6.92. The van der Waals surface area contributed by atoms with Crippen LogP contribution in [-0.4, -0.2) is 15.8 Å². The SMILES string of the molecule is Cc1nc(-c2ccc(F)cc2)sc1C(=O)Nc1ccc(Cl)c([N+](=O)[O-])c1. The van der Waals surface area contributed by atoms with Crippen molar-refractivity contribution in [1.82, 2.24) is 4.98 Å². The number of thiazole rings is 1. The lowest BCUT2D eigenvalue weighted by Crippen LogP contribution is -2.11. The molecule has 132 valence electrons. The Balaban J connectivity index is 1.86. The van der Waals surface area contributed by atoms with Gasteiger partial charge < -0.3 is 5.32 Å². The zero-order valence-electron chi connectivity index (χ0n) is 13.3. The summed E-state index contributed by atoms with van der Waals surface area (Å²) < 4.78 is 13.0. The van der Waals surface area contributed by atoms with Gasteiger partial charge in [-0.1, -0.05) is 11.6 Å². The fraction of sp³-hybridized carbons (Fsp3) is 0.0588. The number of hydrogen-bond donors (Lipinski definition) is 1. The molecule has 0 aliphatic heterocycles. The summed E-state index contributed by atoms with van der Waals surface area (Å²) in [7, 11) is 0. The smallest absolute Gasteiger partial charge is 0.289 e. The Labute approximate surface area is 156 Å². The van der Waals surface area contributed by atoms with Gasteiger partial charge in [0.15, 0.2) is 0 Å². The second kappa shape index (κ2) is 7.19. The molecule has 1 aromatic heterocycles. The molecule has 2 aromatic carbocycles. The number of nitrogens with one attached hydrogen (secondary N) is 1. The minimum atomic E-state index is -0.622. The summed E-state index contributed by atoms with van der Waals surface area (Å²) in [5, 5.41) is 14.1. The Morgan fingerprint density at radius 3 is 2.62 bits per heavy atom. The average molecular weight is 392 g/mol. The van der Waals surface area contributed by atoms with Crippen molar-refractivity contribution in [2.45, 2.75) is 6.92 Å². The van der Waals surface area contributed by atoms with Crippen molar-refractivity contribution in [3.8, 4) is 10.6 Å². The second-order valence-corrected chi connectivity index (χ2v) is 6.72. The average Bonchev–Trinajstić information content (AvgIpc) is 2.99. The van der Waals surface area contributed by atoms with Crippen LogP contribution in [0.2, 0.25) is 5.02 Å². The van der Waals surface area contributed by atoms with Crippen LogP contribution in [0.4, 0.5) is 15.8 Å². The molecule has 0 aliphatic rings. The van der Waals surface area contributed by atoms with Gasteiger partial charge in [-0.3, -0.25) is 14.9 Å². The molecule has 1 N–H and O–H groups in total. The molecular formula is C17H11ClFN3O3S. The van der Waals surface area contributed by atoms with E-state index in [0.29, 0.717) is 21.1 Å². The Morgan fingerprint density at radius 2 is 1.96 bits per heavy atom. The maximum absolute atomic E-state index is 13.0.